The molecule has 0 bridgehead atoms. The Morgan fingerprint density at radius 2 is 2.06 bits per heavy atom. The zero-order chi connectivity index (χ0) is 12.4. The second-order valence-corrected chi connectivity index (χ2v) is 3.90. The van der Waals surface area contributed by atoms with Crippen LogP contribution in [-0.4, -0.2) is 16.7 Å². The molecule has 4 heteroatoms. The van der Waals surface area contributed by atoms with Crippen LogP contribution >= 0.6 is 0 Å². The number of benzene rings is 1. The zero-order valence-electron chi connectivity index (χ0n) is 10.1. The van der Waals surface area contributed by atoms with Crippen molar-refractivity contribution in [2.24, 2.45) is 0 Å². The number of nitrogens with zero attached hydrogens (tertiary/aromatic N) is 2. The third-order valence-corrected chi connectivity index (χ3v) is 2.61. The normalized spacial score (nSPS) is 10.3. The van der Waals surface area contributed by atoms with Crippen molar-refractivity contribution in [2.45, 2.75) is 13.8 Å². The number of aryl methyl sites for hydroxylation is 2. The molecule has 17 heavy (non-hydrogen) atoms. The standard InChI is InChI=1S/C13H14N2O2/c1-9-4-5-11(10(2)8-9)15-7-6-14-12(17-3)13(15)16/h4-8H,1-3H3. The Labute approximate surface area is 99.5 Å². The van der Waals surface area contributed by atoms with Gasteiger partial charge in [-0.1, -0.05) is 17.7 Å². The van der Waals surface area contributed by atoms with Crippen LogP contribution < -0.4 is 10.3 Å². The highest BCUT2D eigenvalue weighted by molar-refractivity contribution is 5.43. The highest BCUT2D eigenvalue weighted by atomic mass is 16.5. The van der Waals surface area contributed by atoms with E-state index in [1.807, 2.05) is 32.0 Å². The van der Waals surface area contributed by atoms with Gasteiger partial charge in [-0.2, -0.15) is 0 Å². The summed E-state index contributed by atoms with van der Waals surface area (Å²) in [6, 6.07) is 5.93. The largest absolute Gasteiger partial charge is 0.477 e. The summed E-state index contributed by atoms with van der Waals surface area (Å²) in [6.45, 7) is 3.99. The molecule has 0 spiro atoms. The number of hydrogen-bond donors (Lipinski definition) is 0. The van der Waals surface area contributed by atoms with Crippen LogP contribution in [0.3, 0.4) is 0 Å². The first-order chi connectivity index (χ1) is 8.13. The predicted molar refractivity (Wildman–Crippen MR) is 65.9 cm³/mol. The Morgan fingerprint density at radius 3 is 2.71 bits per heavy atom. The molecule has 1 heterocycles. The second kappa shape index (κ2) is 4.41. The van der Waals surface area contributed by atoms with Crippen LogP contribution in [0.5, 0.6) is 5.88 Å². The van der Waals surface area contributed by atoms with Crippen molar-refractivity contribution in [1.29, 1.82) is 0 Å². The predicted octanol–water partition coefficient (Wildman–Crippen LogP) is 1.86. The third kappa shape index (κ3) is 2.06. The fraction of sp³-hybridized carbons (Fsp3) is 0.231. The fourth-order valence-electron chi connectivity index (χ4n) is 1.80. The summed E-state index contributed by atoms with van der Waals surface area (Å²) in [4.78, 5) is 15.9. The SMILES string of the molecule is COc1nccn(-c2ccc(C)cc2C)c1=O. The molecule has 4 nitrogen and oxygen atoms in total. The number of hydrogen-bond acceptors (Lipinski definition) is 3. The lowest BCUT2D eigenvalue weighted by Gasteiger charge is -2.10. The Hall–Kier alpha value is -2.10. The smallest absolute Gasteiger partial charge is 0.317 e. The van der Waals surface area contributed by atoms with Crippen molar-refractivity contribution in [3.8, 4) is 11.6 Å². The molecule has 2 rings (SSSR count). The molecule has 0 aliphatic carbocycles. The van der Waals surface area contributed by atoms with Gasteiger partial charge in [0.2, 0.25) is 0 Å². The van der Waals surface area contributed by atoms with E-state index in [0.29, 0.717) is 0 Å². The molecule has 0 amide bonds. The van der Waals surface area contributed by atoms with Gasteiger partial charge in [0.1, 0.15) is 0 Å². The maximum atomic E-state index is 12.0. The summed E-state index contributed by atoms with van der Waals surface area (Å²) in [5.41, 5.74) is 2.81. The van der Waals surface area contributed by atoms with Crippen molar-refractivity contribution in [3.05, 3.63) is 52.1 Å². The van der Waals surface area contributed by atoms with Crippen LogP contribution in [0.15, 0.2) is 35.4 Å². The van der Waals surface area contributed by atoms with Crippen LogP contribution in [0.4, 0.5) is 0 Å². The minimum Gasteiger partial charge on any atom is -0.477 e. The monoisotopic (exact) mass is 230 g/mol. The minimum atomic E-state index is -0.248. The first-order valence-electron chi connectivity index (χ1n) is 5.33. The Morgan fingerprint density at radius 1 is 1.29 bits per heavy atom. The van der Waals surface area contributed by atoms with Crippen LogP contribution in [0.2, 0.25) is 0 Å². The van der Waals surface area contributed by atoms with Crippen LogP contribution in [0, 0.1) is 13.8 Å². The van der Waals surface area contributed by atoms with Crippen LogP contribution in [0.1, 0.15) is 11.1 Å². The lowest BCUT2D eigenvalue weighted by atomic mass is 10.1. The molecule has 0 fully saturated rings. The second-order valence-electron chi connectivity index (χ2n) is 3.90. The topological polar surface area (TPSA) is 44.1 Å². The summed E-state index contributed by atoms with van der Waals surface area (Å²) in [5.74, 6) is 0.104. The summed E-state index contributed by atoms with van der Waals surface area (Å²) >= 11 is 0. The van der Waals surface area contributed by atoms with Crippen molar-refractivity contribution in [2.75, 3.05) is 7.11 Å². The third-order valence-electron chi connectivity index (χ3n) is 2.61. The molecule has 0 radical (unpaired) electrons. The average molecular weight is 230 g/mol. The molecular weight excluding hydrogens is 216 g/mol. The van der Waals surface area contributed by atoms with Gasteiger partial charge in [-0.15, -0.1) is 0 Å². The number of ether oxygens (including phenoxy) is 1. The molecule has 0 aliphatic heterocycles. The van der Waals surface area contributed by atoms with E-state index in [9.17, 15) is 4.79 Å². The Kier molecular flexibility index (Phi) is 2.95. The van der Waals surface area contributed by atoms with Crippen molar-refractivity contribution >= 4 is 0 Å². The van der Waals surface area contributed by atoms with Crippen LogP contribution in [0.25, 0.3) is 5.69 Å². The van der Waals surface area contributed by atoms with Crippen molar-refractivity contribution < 1.29 is 4.74 Å². The van der Waals surface area contributed by atoms with Crippen LogP contribution in [-0.2, 0) is 0 Å². The Bertz CT molecular complexity index is 603. The van der Waals surface area contributed by atoms with Gasteiger partial charge in [0.05, 0.1) is 12.8 Å². The molecule has 0 unspecified atom stereocenters. The van der Waals surface area contributed by atoms with E-state index in [-0.39, 0.29) is 11.4 Å². The van der Waals surface area contributed by atoms with Crippen molar-refractivity contribution in [1.82, 2.24) is 9.55 Å². The maximum absolute atomic E-state index is 12.0. The number of rotatable bonds is 2. The lowest BCUT2D eigenvalue weighted by Crippen LogP contribution is -2.20. The maximum Gasteiger partial charge on any atom is 0.317 e. The van der Waals surface area contributed by atoms with Crippen molar-refractivity contribution in [3.63, 3.8) is 0 Å². The van der Waals surface area contributed by atoms with Gasteiger partial charge in [-0.05, 0) is 25.5 Å². The van der Waals surface area contributed by atoms with E-state index in [1.165, 1.54) is 12.7 Å². The zero-order valence-corrected chi connectivity index (χ0v) is 10.1. The quantitative estimate of drug-likeness (QED) is 0.791. The van der Waals surface area contributed by atoms with Gasteiger partial charge >= 0.3 is 5.56 Å². The lowest BCUT2D eigenvalue weighted by molar-refractivity contribution is 0.388. The van der Waals surface area contributed by atoms with Gasteiger partial charge in [-0.3, -0.25) is 9.36 Å². The van der Waals surface area contributed by atoms with Gasteiger partial charge in [0.25, 0.3) is 5.88 Å². The molecule has 1 aromatic carbocycles. The van der Waals surface area contributed by atoms with Gasteiger partial charge in [0.15, 0.2) is 0 Å². The molecular formula is C13H14N2O2. The molecule has 0 atom stereocenters. The summed E-state index contributed by atoms with van der Waals surface area (Å²) in [6.07, 6.45) is 3.20. The number of aromatic nitrogens is 2. The van der Waals surface area contributed by atoms with E-state index >= 15 is 0 Å². The van der Waals surface area contributed by atoms with Gasteiger partial charge in [-0.25, -0.2) is 4.98 Å². The molecule has 0 saturated heterocycles. The molecule has 1 aromatic heterocycles. The summed E-state index contributed by atoms with van der Waals surface area (Å²) < 4.78 is 6.47. The molecule has 0 saturated carbocycles. The molecule has 88 valence electrons. The number of methoxy groups -OCH3 is 1. The first kappa shape index (κ1) is 11.4. The van der Waals surface area contributed by atoms with E-state index in [4.69, 9.17) is 4.74 Å². The highest BCUT2D eigenvalue weighted by Gasteiger charge is 2.08. The van der Waals surface area contributed by atoms with E-state index < -0.39 is 0 Å². The van der Waals surface area contributed by atoms with E-state index in [2.05, 4.69) is 4.98 Å². The average Bonchev–Trinajstić information content (AvgIpc) is 2.30. The summed E-state index contributed by atoms with van der Waals surface area (Å²) in [5, 5.41) is 0. The molecule has 2 aromatic rings. The molecule has 0 aliphatic rings. The molecule has 0 N–H and O–H groups in total. The minimum absolute atomic E-state index is 0.104. The first-order valence-corrected chi connectivity index (χ1v) is 5.33. The Balaban J connectivity index is 2.65. The highest BCUT2D eigenvalue weighted by Crippen LogP contribution is 2.14. The van der Waals surface area contributed by atoms with Gasteiger partial charge in [0, 0.05) is 12.4 Å². The van der Waals surface area contributed by atoms with E-state index in [0.717, 1.165) is 11.3 Å². The van der Waals surface area contributed by atoms with Gasteiger partial charge < -0.3 is 4.74 Å². The summed E-state index contributed by atoms with van der Waals surface area (Å²) in [7, 11) is 1.44. The van der Waals surface area contributed by atoms with E-state index in [1.54, 1.807) is 17.0 Å². The fourth-order valence-corrected chi connectivity index (χ4v) is 1.80.